The molecule has 28 heavy (non-hydrogen) atoms. The van der Waals surface area contributed by atoms with E-state index in [4.69, 9.17) is 5.11 Å². The number of aliphatic carboxylic acids is 1. The first-order chi connectivity index (χ1) is 12.6. The maximum atomic E-state index is 13.6. The molecule has 1 atom stereocenters. The molecular weight excluding hydrogens is 403 g/mol. The minimum Gasteiger partial charge on any atom is -0.480 e. The van der Waals surface area contributed by atoms with Gasteiger partial charge in [-0.1, -0.05) is 19.1 Å². The number of nitrogens with one attached hydrogen (secondary N) is 1. The predicted molar refractivity (Wildman–Crippen MR) is 98.6 cm³/mol. The summed E-state index contributed by atoms with van der Waals surface area (Å²) in [6.07, 6.45) is -5.23. The number of anilines is 2. The normalized spacial score (nSPS) is 16.7. The van der Waals surface area contributed by atoms with Crippen molar-refractivity contribution in [1.82, 2.24) is 4.90 Å². The summed E-state index contributed by atoms with van der Waals surface area (Å²) in [4.78, 5) is 37.5. The van der Waals surface area contributed by atoms with Crippen LogP contribution in [0.15, 0.2) is 24.3 Å². The summed E-state index contributed by atoms with van der Waals surface area (Å²) in [5.74, 6) is -2.95. The molecule has 1 aliphatic rings. The van der Waals surface area contributed by atoms with Gasteiger partial charge < -0.3 is 10.4 Å². The van der Waals surface area contributed by atoms with Crippen molar-refractivity contribution in [2.75, 3.05) is 29.9 Å². The van der Waals surface area contributed by atoms with E-state index in [1.807, 2.05) is 0 Å². The first-order valence-electron chi connectivity index (χ1n) is 8.35. The fourth-order valence-electron chi connectivity index (χ4n) is 2.98. The second kappa shape index (κ2) is 9.74. The zero-order valence-corrected chi connectivity index (χ0v) is 15.8. The van der Waals surface area contributed by atoms with Crippen molar-refractivity contribution in [2.45, 2.75) is 32.0 Å². The number of carboxylic acid groups (broad SMARTS) is 1. The summed E-state index contributed by atoms with van der Waals surface area (Å²) in [6, 6.07) is 3.39. The van der Waals surface area contributed by atoms with Gasteiger partial charge in [0.05, 0.1) is 30.9 Å². The number of carbonyl (C=O) groups excluding carboxylic acids is 2. The number of hydrogen-bond acceptors (Lipinski definition) is 4. The molecule has 1 heterocycles. The van der Waals surface area contributed by atoms with Gasteiger partial charge in [-0.3, -0.25) is 24.2 Å². The SMILES string of the molecule is CCCN(CC(=O)O)CC(=O)N1c2ccccc2NC(=O)CC1C(F)(F)F.Cl. The molecule has 11 heteroatoms. The van der Waals surface area contributed by atoms with E-state index in [0.717, 1.165) is 0 Å². The van der Waals surface area contributed by atoms with Crippen LogP contribution in [-0.4, -0.2) is 59.6 Å². The molecule has 0 saturated carbocycles. The van der Waals surface area contributed by atoms with Gasteiger partial charge in [0.15, 0.2) is 0 Å². The number of rotatable bonds is 6. The van der Waals surface area contributed by atoms with Crippen molar-refractivity contribution in [3.63, 3.8) is 0 Å². The molecule has 0 radical (unpaired) electrons. The van der Waals surface area contributed by atoms with E-state index in [2.05, 4.69) is 5.32 Å². The highest BCUT2D eigenvalue weighted by molar-refractivity contribution is 6.05. The Morgan fingerprint density at radius 2 is 1.93 bits per heavy atom. The molecule has 1 unspecified atom stereocenters. The van der Waals surface area contributed by atoms with Gasteiger partial charge in [0.25, 0.3) is 0 Å². The van der Waals surface area contributed by atoms with E-state index >= 15 is 0 Å². The molecule has 0 aliphatic carbocycles. The van der Waals surface area contributed by atoms with Gasteiger partial charge in [-0.25, -0.2) is 0 Å². The van der Waals surface area contributed by atoms with Crippen LogP contribution in [0.3, 0.4) is 0 Å². The molecule has 2 amide bonds. The number of fused-ring (bicyclic) bond motifs is 1. The molecule has 0 fully saturated rings. The van der Waals surface area contributed by atoms with Crippen molar-refractivity contribution >= 4 is 41.6 Å². The minimum atomic E-state index is -4.83. The van der Waals surface area contributed by atoms with Crippen LogP contribution >= 0.6 is 12.4 Å². The Bertz CT molecular complexity index is 730. The van der Waals surface area contributed by atoms with E-state index in [-0.39, 0.29) is 30.3 Å². The molecule has 1 aliphatic heterocycles. The minimum absolute atomic E-state index is 0. The van der Waals surface area contributed by atoms with Crippen LogP contribution < -0.4 is 10.2 Å². The number of carbonyl (C=O) groups is 3. The average Bonchev–Trinajstić information content (AvgIpc) is 2.69. The topological polar surface area (TPSA) is 90.0 Å². The predicted octanol–water partition coefficient (Wildman–Crippen LogP) is 2.51. The Morgan fingerprint density at radius 1 is 1.29 bits per heavy atom. The summed E-state index contributed by atoms with van der Waals surface area (Å²) < 4.78 is 40.8. The molecule has 156 valence electrons. The van der Waals surface area contributed by atoms with Gasteiger partial charge >= 0.3 is 12.1 Å². The fraction of sp³-hybridized carbons (Fsp3) is 0.471. The molecular formula is C17H21ClF3N3O4. The van der Waals surface area contributed by atoms with Crippen LogP contribution in [0, 0.1) is 0 Å². The van der Waals surface area contributed by atoms with E-state index in [1.54, 1.807) is 6.92 Å². The van der Waals surface area contributed by atoms with Gasteiger partial charge in [0.2, 0.25) is 11.8 Å². The molecule has 2 rings (SSSR count). The van der Waals surface area contributed by atoms with Gasteiger partial charge in [0, 0.05) is 0 Å². The largest absolute Gasteiger partial charge is 0.480 e. The van der Waals surface area contributed by atoms with Gasteiger partial charge in [-0.05, 0) is 25.1 Å². The Kier molecular flexibility index (Phi) is 8.25. The fourth-order valence-corrected chi connectivity index (χ4v) is 2.98. The Morgan fingerprint density at radius 3 is 2.50 bits per heavy atom. The molecule has 0 spiro atoms. The summed E-state index contributed by atoms with van der Waals surface area (Å²) in [7, 11) is 0. The number of alkyl halides is 3. The van der Waals surface area contributed by atoms with Crippen LogP contribution in [0.25, 0.3) is 0 Å². The lowest BCUT2D eigenvalue weighted by Gasteiger charge is -2.33. The molecule has 0 aromatic heterocycles. The third kappa shape index (κ3) is 5.83. The van der Waals surface area contributed by atoms with Crippen LogP contribution in [0.1, 0.15) is 19.8 Å². The molecule has 0 saturated heterocycles. The third-order valence-corrected chi connectivity index (χ3v) is 4.03. The Hall–Kier alpha value is -2.33. The lowest BCUT2D eigenvalue weighted by molar-refractivity contribution is -0.158. The average molecular weight is 424 g/mol. The first-order valence-corrected chi connectivity index (χ1v) is 8.35. The van der Waals surface area contributed by atoms with E-state index < -0.39 is 49.5 Å². The van der Waals surface area contributed by atoms with Crippen molar-refractivity contribution in [3.8, 4) is 0 Å². The van der Waals surface area contributed by atoms with E-state index in [9.17, 15) is 27.6 Å². The van der Waals surface area contributed by atoms with Crippen molar-refractivity contribution in [3.05, 3.63) is 24.3 Å². The lowest BCUT2D eigenvalue weighted by atomic mass is 10.1. The third-order valence-electron chi connectivity index (χ3n) is 4.03. The number of para-hydroxylation sites is 2. The molecule has 0 bridgehead atoms. The standard InChI is InChI=1S/C17H20F3N3O4.ClH/c1-2-7-22(10-16(26)27)9-15(25)23-12-6-4-3-5-11(12)21-14(24)8-13(23)17(18,19)20;/h3-6,13H,2,7-10H2,1H3,(H,21,24)(H,26,27);1H. The summed E-state index contributed by atoms with van der Waals surface area (Å²) >= 11 is 0. The highest BCUT2D eigenvalue weighted by Gasteiger charge is 2.49. The number of benzene rings is 1. The maximum absolute atomic E-state index is 13.6. The number of halogens is 4. The summed E-state index contributed by atoms with van der Waals surface area (Å²) in [5.41, 5.74) is 0.0327. The maximum Gasteiger partial charge on any atom is 0.409 e. The molecule has 1 aromatic carbocycles. The van der Waals surface area contributed by atoms with Crippen molar-refractivity contribution in [2.24, 2.45) is 0 Å². The summed E-state index contributed by atoms with van der Waals surface area (Å²) in [5, 5.41) is 11.3. The van der Waals surface area contributed by atoms with Gasteiger partial charge in [-0.15, -0.1) is 12.4 Å². The number of carboxylic acids is 1. The highest BCUT2D eigenvalue weighted by atomic mass is 35.5. The zero-order valence-electron chi connectivity index (χ0n) is 15.0. The number of amides is 2. The Balaban J connectivity index is 0.00000392. The van der Waals surface area contributed by atoms with Crippen LogP contribution in [0.4, 0.5) is 24.5 Å². The van der Waals surface area contributed by atoms with E-state index in [0.29, 0.717) is 11.3 Å². The number of hydrogen-bond donors (Lipinski definition) is 2. The van der Waals surface area contributed by atoms with Crippen LogP contribution in [0.5, 0.6) is 0 Å². The molecule has 7 nitrogen and oxygen atoms in total. The molecule has 1 aromatic rings. The lowest BCUT2D eigenvalue weighted by Crippen LogP contribution is -2.53. The van der Waals surface area contributed by atoms with Crippen LogP contribution in [-0.2, 0) is 14.4 Å². The second-order valence-electron chi connectivity index (χ2n) is 6.19. The Labute approximate surface area is 165 Å². The highest BCUT2D eigenvalue weighted by Crippen LogP contribution is 2.37. The quantitative estimate of drug-likeness (QED) is 0.733. The smallest absolute Gasteiger partial charge is 0.409 e. The monoisotopic (exact) mass is 423 g/mol. The number of nitrogens with zero attached hydrogens (tertiary/aromatic N) is 2. The first kappa shape index (κ1) is 23.7. The zero-order chi connectivity index (χ0) is 20.2. The molecule has 2 N–H and O–H groups in total. The summed E-state index contributed by atoms with van der Waals surface area (Å²) in [6.45, 7) is 1.03. The van der Waals surface area contributed by atoms with Crippen LogP contribution in [0.2, 0.25) is 0 Å². The van der Waals surface area contributed by atoms with E-state index in [1.165, 1.54) is 29.2 Å². The second-order valence-corrected chi connectivity index (χ2v) is 6.19. The van der Waals surface area contributed by atoms with Crippen molar-refractivity contribution < 1.29 is 32.7 Å². The van der Waals surface area contributed by atoms with Gasteiger partial charge in [0.1, 0.15) is 6.04 Å². The van der Waals surface area contributed by atoms with Crippen molar-refractivity contribution in [1.29, 1.82) is 0 Å². The van der Waals surface area contributed by atoms with Gasteiger partial charge in [-0.2, -0.15) is 13.2 Å².